The van der Waals surface area contributed by atoms with Crippen molar-refractivity contribution in [1.29, 1.82) is 0 Å². The van der Waals surface area contributed by atoms with Gasteiger partial charge >= 0.3 is 5.97 Å². The van der Waals surface area contributed by atoms with Gasteiger partial charge < -0.3 is 35.7 Å². The predicted molar refractivity (Wildman–Crippen MR) is 44.8 cm³/mol. The SMILES string of the molecule is O=C(O)[C@@H](O)[C@@H](O)[C@@H](O)[C@H](O)[C@H](O)CO. The molecule has 90 valence electrons. The summed E-state index contributed by atoms with van der Waals surface area (Å²) >= 11 is 0. The smallest absolute Gasteiger partial charge is 0.335 e. The number of carboxylic acids is 1. The fraction of sp³-hybridized carbons (Fsp3) is 0.857. The minimum absolute atomic E-state index is 0.881. The van der Waals surface area contributed by atoms with Crippen molar-refractivity contribution in [3.63, 3.8) is 0 Å². The second kappa shape index (κ2) is 5.95. The molecule has 15 heavy (non-hydrogen) atoms. The normalized spacial score (nSPS) is 21.5. The van der Waals surface area contributed by atoms with Crippen molar-refractivity contribution in [1.82, 2.24) is 0 Å². The standard InChI is InChI=1S/C7H14O8/c8-1-2(9)3(10)4(11)5(12)6(13)7(14)15/h2-6,8-13H,1H2,(H,14,15)/t2-,3-,4+,5+,6+/m1/s1. The summed E-state index contributed by atoms with van der Waals surface area (Å²) in [5.41, 5.74) is 0. The average Bonchev–Trinajstić information content (AvgIpc) is 2.23. The van der Waals surface area contributed by atoms with Gasteiger partial charge in [0.2, 0.25) is 0 Å². The van der Waals surface area contributed by atoms with Crippen LogP contribution in [-0.4, -0.2) is 78.8 Å². The number of hydrogen-bond donors (Lipinski definition) is 7. The molecule has 0 heterocycles. The summed E-state index contributed by atoms with van der Waals surface area (Å²) in [7, 11) is 0. The lowest BCUT2D eigenvalue weighted by atomic mass is 9.99. The highest BCUT2D eigenvalue weighted by Gasteiger charge is 2.36. The van der Waals surface area contributed by atoms with Gasteiger partial charge in [-0.25, -0.2) is 4.79 Å². The van der Waals surface area contributed by atoms with Crippen molar-refractivity contribution < 1.29 is 40.5 Å². The molecule has 5 atom stereocenters. The van der Waals surface area contributed by atoms with Crippen molar-refractivity contribution in [2.45, 2.75) is 30.5 Å². The molecule has 7 N–H and O–H groups in total. The zero-order valence-electron chi connectivity index (χ0n) is 7.63. The van der Waals surface area contributed by atoms with Gasteiger partial charge in [0.15, 0.2) is 6.10 Å². The van der Waals surface area contributed by atoms with Crippen molar-refractivity contribution in [3.05, 3.63) is 0 Å². The Morgan fingerprint density at radius 3 is 1.73 bits per heavy atom. The topological polar surface area (TPSA) is 159 Å². The van der Waals surface area contributed by atoms with E-state index in [1.54, 1.807) is 0 Å². The summed E-state index contributed by atoms with van der Waals surface area (Å²) in [4.78, 5) is 10.2. The molecule has 0 aliphatic heterocycles. The van der Waals surface area contributed by atoms with Gasteiger partial charge in [-0.2, -0.15) is 0 Å². The predicted octanol–water partition coefficient (Wildman–Crippen LogP) is -4.13. The number of rotatable bonds is 6. The molecule has 0 bridgehead atoms. The summed E-state index contributed by atoms with van der Waals surface area (Å²) in [6.07, 6.45) is -10.2. The molecule has 0 aromatic carbocycles. The van der Waals surface area contributed by atoms with E-state index in [2.05, 4.69) is 0 Å². The number of carboxylic acid groups (broad SMARTS) is 1. The molecule has 0 aromatic heterocycles. The van der Waals surface area contributed by atoms with Gasteiger partial charge in [0.25, 0.3) is 0 Å². The van der Waals surface area contributed by atoms with Crippen LogP contribution in [0.4, 0.5) is 0 Å². The van der Waals surface area contributed by atoms with Crippen molar-refractivity contribution in [3.8, 4) is 0 Å². The lowest BCUT2D eigenvalue weighted by molar-refractivity contribution is -0.169. The van der Waals surface area contributed by atoms with Crippen LogP contribution in [0.1, 0.15) is 0 Å². The molecule has 8 heteroatoms. The van der Waals surface area contributed by atoms with Gasteiger partial charge in [-0.3, -0.25) is 0 Å². The van der Waals surface area contributed by atoms with Crippen LogP contribution in [0.25, 0.3) is 0 Å². The first-order valence-corrected chi connectivity index (χ1v) is 4.07. The van der Waals surface area contributed by atoms with Crippen LogP contribution < -0.4 is 0 Å². The van der Waals surface area contributed by atoms with Crippen molar-refractivity contribution >= 4 is 5.97 Å². The third-order valence-corrected chi connectivity index (χ3v) is 1.86. The summed E-state index contributed by atoms with van der Waals surface area (Å²) < 4.78 is 0. The first kappa shape index (κ1) is 14.2. The lowest BCUT2D eigenvalue weighted by Gasteiger charge is -2.26. The van der Waals surface area contributed by atoms with E-state index in [1.807, 2.05) is 0 Å². The van der Waals surface area contributed by atoms with Gasteiger partial charge in [-0.05, 0) is 0 Å². The maximum Gasteiger partial charge on any atom is 0.335 e. The van der Waals surface area contributed by atoms with Crippen LogP contribution >= 0.6 is 0 Å². The number of aliphatic hydroxyl groups excluding tert-OH is 6. The molecular formula is C7H14O8. The largest absolute Gasteiger partial charge is 0.479 e. The maximum absolute atomic E-state index is 10.2. The van der Waals surface area contributed by atoms with Crippen LogP contribution in [0.5, 0.6) is 0 Å². The minimum Gasteiger partial charge on any atom is -0.479 e. The van der Waals surface area contributed by atoms with E-state index < -0.39 is 43.1 Å². The maximum atomic E-state index is 10.2. The van der Waals surface area contributed by atoms with E-state index >= 15 is 0 Å². The Morgan fingerprint density at radius 2 is 1.40 bits per heavy atom. The quantitative estimate of drug-likeness (QED) is 0.240. The molecule has 0 radical (unpaired) electrons. The molecule has 0 saturated carbocycles. The Hall–Kier alpha value is -0.770. The highest BCUT2D eigenvalue weighted by atomic mass is 16.4. The molecule has 0 amide bonds. The number of aliphatic hydroxyl groups is 6. The molecule has 0 fully saturated rings. The first-order chi connectivity index (χ1) is 6.82. The molecule has 0 saturated heterocycles. The number of aliphatic carboxylic acids is 1. The zero-order valence-corrected chi connectivity index (χ0v) is 7.63. The fourth-order valence-electron chi connectivity index (χ4n) is 0.870. The average molecular weight is 226 g/mol. The third kappa shape index (κ3) is 3.70. The molecule has 0 unspecified atom stereocenters. The van der Waals surface area contributed by atoms with E-state index in [1.165, 1.54) is 0 Å². The van der Waals surface area contributed by atoms with E-state index in [0.717, 1.165) is 0 Å². The molecular weight excluding hydrogens is 212 g/mol. The number of carbonyl (C=O) groups is 1. The van der Waals surface area contributed by atoms with Crippen LogP contribution in [0.3, 0.4) is 0 Å². The third-order valence-electron chi connectivity index (χ3n) is 1.86. The van der Waals surface area contributed by atoms with Crippen LogP contribution in [0.2, 0.25) is 0 Å². The highest BCUT2D eigenvalue weighted by Crippen LogP contribution is 2.08. The molecule has 0 spiro atoms. The van der Waals surface area contributed by atoms with Gasteiger partial charge in [0.1, 0.15) is 24.4 Å². The Labute approximate surface area is 84.7 Å². The molecule has 0 aliphatic carbocycles. The van der Waals surface area contributed by atoms with Crippen molar-refractivity contribution in [2.75, 3.05) is 6.61 Å². The molecule has 0 aromatic rings. The van der Waals surface area contributed by atoms with E-state index in [0.29, 0.717) is 0 Å². The summed E-state index contributed by atoms with van der Waals surface area (Å²) in [6, 6.07) is 0. The van der Waals surface area contributed by atoms with Gasteiger partial charge in [0.05, 0.1) is 6.61 Å². The second-order valence-corrected chi connectivity index (χ2v) is 3.00. The zero-order chi connectivity index (χ0) is 12.2. The fourth-order valence-corrected chi connectivity index (χ4v) is 0.870. The minimum atomic E-state index is -2.29. The highest BCUT2D eigenvalue weighted by molar-refractivity contribution is 5.72. The summed E-state index contributed by atoms with van der Waals surface area (Å²) in [5, 5.41) is 61.5. The van der Waals surface area contributed by atoms with E-state index in [-0.39, 0.29) is 0 Å². The summed E-state index contributed by atoms with van der Waals surface area (Å²) in [5.74, 6) is -1.78. The van der Waals surface area contributed by atoms with E-state index in [9.17, 15) is 4.79 Å². The van der Waals surface area contributed by atoms with Crippen LogP contribution in [0, 0.1) is 0 Å². The first-order valence-electron chi connectivity index (χ1n) is 4.07. The molecule has 0 aliphatic rings. The number of hydrogen-bond acceptors (Lipinski definition) is 7. The van der Waals surface area contributed by atoms with Crippen LogP contribution in [0.15, 0.2) is 0 Å². The molecule has 0 rings (SSSR count). The van der Waals surface area contributed by atoms with Gasteiger partial charge in [-0.1, -0.05) is 0 Å². The Kier molecular flexibility index (Phi) is 5.65. The Morgan fingerprint density at radius 1 is 0.933 bits per heavy atom. The Bertz CT molecular complexity index is 207. The monoisotopic (exact) mass is 226 g/mol. The lowest BCUT2D eigenvalue weighted by Crippen LogP contribution is -2.51. The molecule has 8 nitrogen and oxygen atoms in total. The Balaban J connectivity index is 4.42. The second-order valence-electron chi connectivity index (χ2n) is 3.00. The summed E-state index contributed by atoms with van der Waals surface area (Å²) in [6.45, 7) is -0.881. The van der Waals surface area contributed by atoms with Gasteiger partial charge in [-0.15, -0.1) is 0 Å². The van der Waals surface area contributed by atoms with E-state index in [4.69, 9.17) is 35.7 Å². The van der Waals surface area contributed by atoms with Gasteiger partial charge in [0, 0.05) is 0 Å². The van der Waals surface area contributed by atoms with Crippen LogP contribution in [-0.2, 0) is 4.79 Å². The van der Waals surface area contributed by atoms with Crippen molar-refractivity contribution in [2.24, 2.45) is 0 Å².